The molecule has 6 nitrogen and oxygen atoms in total. The molecule has 0 aromatic carbocycles. The zero-order valence-electron chi connectivity index (χ0n) is 11.3. The summed E-state index contributed by atoms with van der Waals surface area (Å²) in [5.74, 6) is 0.970. The summed E-state index contributed by atoms with van der Waals surface area (Å²) >= 11 is 0. The second kappa shape index (κ2) is 5.83. The van der Waals surface area contributed by atoms with Crippen molar-refractivity contribution in [2.75, 3.05) is 29.5 Å². The highest BCUT2D eigenvalue weighted by Gasteiger charge is 2.29. The standard InChI is InChI=1S/C12H20N4O2S/c1-3-13-6-11-7-14-12(15-8-11)16-4-5-19(17,18)9-10(16)2/h7-8,10,13H,3-6,9H2,1-2H3. The van der Waals surface area contributed by atoms with Crippen LogP contribution in [0.15, 0.2) is 12.4 Å². The number of sulfone groups is 1. The predicted molar refractivity (Wildman–Crippen MR) is 74.9 cm³/mol. The van der Waals surface area contributed by atoms with Crippen LogP contribution in [-0.4, -0.2) is 49.0 Å². The molecule has 1 aliphatic heterocycles. The highest BCUT2D eigenvalue weighted by atomic mass is 32.2. The first-order chi connectivity index (χ1) is 9.02. The van der Waals surface area contributed by atoms with E-state index in [1.807, 2.05) is 18.7 Å². The Bertz CT molecular complexity index is 515. The molecule has 1 unspecified atom stereocenters. The van der Waals surface area contributed by atoms with Crippen LogP contribution >= 0.6 is 0 Å². The van der Waals surface area contributed by atoms with Gasteiger partial charge in [-0.25, -0.2) is 18.4 Å². The first-order valence-electron chi connectivity index (χ1n) is 6.50. The molecule has 0 spiro atoms. The molecule has 1 atom stereocenters. The molecule has 1 saturated heterocycles. The number of nitrogens with zero attached hydrogens (tertiary/aromatic N) is 3. The quantitative estimate of drug-likeness (QED) is 0.852. The van der Waals surface area contributed by atoms with Crippen LogP contribution in [0.2, 0.25) is 0 Å². The van der Waals surface area contributed by atoms with Crippen molar-refractivity contribution in [1.29, 1.82) is 0 Å². The first-order valence-corrected chi connectivity index (χ1v) is 8.32. The van der Waals surface area contributed by atoms with Gasteiger partial charge in [0.1, 0.15) is 0 Å². The molecule has 19 heavy (non-hydrogen) atoms. The summed E-state index contributed by atoms with van der Waals surface area (Å²) in [5, 5.41) is 3.21. The van der Waals surface area contributed by atoms with Crippen molar-refractivity contribution in [3.63, 3.8) is 0 Å². The van der Waals surface area contributed by atoms with Gasteiger partial charge in [0.2, 0.25) is 5.95 Å². The van der Waals surface area contributed by atoms with E-state index in [1.165, 1.54) is 0 Å². The zero-order valence-corrected chi connectivity index (χ0v) is 12.2. The average Bonchev–Trinajstić information content (AvgIpc) is 2.36. The number of anilines is 1. The van der Waals surface area contributed by atoms with E-state index < -0.39 is 9.84 Å². The molecule has 1 aromatic heterocycles. The number of hydrogen-bond acceptors (Lipinski definition) is 6. The predicted octanol–water partition coefficient (Wildman–Crippen LogP) is 0.209. The third-order valence-corrected chi connectivity index (χ3v) is 4.99. The van der Waals surface area contributed by atoms with Gasteiger partial charge >= 0.3 is 0 Å². The molecule has 2 rings (SSSR count). The highest BCUT2D eigenvalue weighted by Crippen LogP contribution is 2.17. The number of nitrogens with one attached hydrogen (secondary N) is 1. The SMILES string of the molecule is CCNCc1cnc(N2CCS(=O)(=O)CC2C)nc1. The molecule has 1 aromatic rings. The van der Waals surface area contributed by atoms with Crippen molar-refractivity contribution in [2.24, 2.45) is 0 Å². The Morgan fingerprint density at radius 3 is 2.68 bits per heavy atom. The second-order valence-electron chi connectivity index (χ2n) is 4.83. The maximum Gasteiger partial charge on any atom is 0.225 e. The number of aromatic nitrogens is 2. The third-order valence-electron chi connectivity index (χ3n) is 3.20. The van der Waals surface area contributed by atoms with Crippen molar-refractivity contribution >= 4 is 15.8 Å². The van der Waals surface area contributed by atoms with Crippen molar-refractivity contribution in [2.45, 2.75) is 26.4 Å². The molecule has 0 saturated carbocycles. The average molecular weight is 284 g/mol. The van der Waals surface area contributed by atoms with Gasteiger partial charge < -0.3 is 10.2 Å². The van der Waals surface area contributed by atoms with E-state index in [1.54, 1.807) is 12.4 Å². The van der Waals surface area contributed by atoms with Crippen LogP contribution < -0.4 is 10.2 Å². The number of hydrogen-bond donors (Lipinski definition) is 1. The number of rotatable bonds is 4. The van der Waals surface area contributed by atoms with Crippen molar-refractivity contribution in [3.05, 3.63) is 18.0 Å². The Hall–Kier alpha value is -1.21. The van der Waals surface area contributed by atoms with E-state index in [-0.39, 0.29) is 17.5 Å². The van der Waals surface area contributed by atoms with E-state index in [2.05, 4.69) is 15.3 Å². The fraction of sp³-hybridized carbons (Fsp3) is 0.667. The molecule has 0 radical (unpaired) electrons. The lowest BCUT2D eigenvalue weighted by Gasteiger charge is -2.33. The van der Waals surface area contributed by atoms with Crippen LogP contribution in [0.3, 0.4) is 0 Å². The van der Waals surface area contributed by atoms with Gasteiger partial charge in [-0.3, -0.25) is 0 Å². The molecular weight excluding hydrogens is 264 g/mol. The Morgan fingerprint density at radius 1 is 1.42 bits per heavy atom. The van der Waals surface area contributed by atoms with Crippen LogP contribution in [-0.2, 0) is 16.4 Å². The highest BCUT2D eigenvalue weighted by molar-refractivity contribution is 7.91. The lowest BCUT2D eigenvalue weighted by atomic mass is 10.3. The molecule has 106 valence electrons. The van der Waals surface area contributed by atoms with E-state index in [4.69, 9.17) is 0 Å². The van der Waals surface area contributed by atoms with Gasteiger partial charge in [-0.2, -0.15) is 0 Å². The second-order valence-corrected chi connectivity index (χ2v) is 7.06. The lowest BCUT2D eigenvalue weighted by molar-refractivity contribution is 0.564. The summed E-state index contributed by atoms with van der Waals surface area (Å²) in [6.45, 7) is 6.07. The smallest absolute Gasteiger partial charge is 0.225 e. The molecule has 1 aliphatic rings. The molecule has 1 fully saturated rings. The van der Waals surface area contributed by atoms with Gasteiger partial charge in [-0.1, -0.05) is 6.92 Å². The Kier molecular flexibility index (Phi) is 4.36. The largest absolute Gasteiger partial charge is 0.336 e. The third kappa shape index (κ3) is 3.63. The fourth-order valence-corrected chi connectivity index (χ4v) is 3.71. The van der Waals surface area contributed by atoms with Gasteiger partial charge in [-0.15, -0.1) is 0 Å². The first kappa shape index (κ1) is 14.2. The maximum absolute atomic E-state index is 11.5. The minimum absolute atomic E-state index is 0.0710. The van der Waals surface area contributed by atoms with Crippen LogP contribution in [0.25, 0.3) is 0 Å². The minimum Gasteiger partial charge on any atom is -0.336 e. The van der Waals surface area contributed by atoms with Crippen LogP contribution in [0, 0.1) is 0 Å². The Balaban J connectivity index is 2.06. The molecule has 1 N–H and O–H groups in total. The van der Waals surface area contributed by atoms with Crippen LogP contribution in [0.5, 0.6) is 0 Å². The fourth-order valence-electron chi connectivity index (χ4n) is 2.15. The van der Waals surface area contributed by atoms with Crippen molar-refractivity contribution in [3.8, 4) is 0 Å². The normalized spacial score (nSPS) is 22.4. The molecular formula is C12H20N4O2S. The maximum atomic E-state index is 11.5. The summed E-state index contributed by atoms with van der Waals surface area (Å²) in [4.78, 5) is 10.6. The van der Waals surface area contributed by atoms with Gasteiger partial charge in [0.05, 0.1) is 11.5 Å². The van der Waals surface area contributed by atoms with Gasteiger partial charge in [0, 0.05) is 37.1 Å². The lowest BCUT2D eigenvalue weighted by Crippen LogP contribution is -2.47. The van der Waals surface area contributed by atoms with Gasteiger partial charge in [0.25, 0.3) is 0 Å². The minimum atomic E-state index is -2.90. The summed E-state index contributed by atoms with van der Waals surface area (Å²) in [5.41, 5.74) is 1.03. The molecule has 0 amide bonds. The summed E-state index contributed by atoms with van der Waals surface area (Å²) in [6.07, 6.45) is 3.58. The van der Waals surface area contributed by atoms with Crippen LogP contribution in [0.4, 0.5) is 5.95 Å². The summed E-state index contributed by atoms with van der Waals surface area (Å²) in [7, 11) is -2.90. The zero-order chi connectivity index (χ0) is 13.9. The Morgan fingerprint density at radius 2 is 2.11 bits per heavy atom. The molecule has 7 heteroatoms. The van der Waals surface area contributed by atoms with E-state index in [0.717, 1.165) is 18.7 Å². The molecule has 0 bridgehead atoms. The summed E-state index contributed by atoms with van der Waals surface area (Å²) in [6, 6.07) is -0.0710. The van der Waals surface area contributed by atoms with E-state index in [0.29, 0.717) is 12.5 Å². The summed E-state index contributed by atoms with van der Waals surface area (Å²) < 4.78 is 23.1. The monoisotopic (exact) mass is 284 g/mol. The van der Waals surface area contributed by atoms with E-state index >= 15 is 0 Å². The molecule has 2 heterocycles. The van der Waals surface area contributed by atoms with Crippen LogP contribution in [0.1, 0.15) is 19.4 Å². The topological polar surface area (TPSA) is 75.2 Å². The Labute approximate surface area is 114 Å². The van der Waals surface area contributed by atoms with Gasteiger partial charge in [0.15, 0.2) is 9.84 Å². The van der Waals surface area contributed by atoms with Crippen molar-refractivity contribution < 1.29 is 8.42 Å². The molecule has 0 aliphatic carbocycles. The van der Waals surface area contributed by atoms with Crippen molar-refractivity contribution in [1.82, 2.24) is 15.3 Å². The van der Waals surface area contributed by atoms with E-state index in [9.17, 15) is 8.42 Å². The van der Waals surface area contributed by atoms with Gasteiger partial charge in [-0.05, 0) is 13.5 Å².